The molecule has 0 aromatic rings. The van der Waals surface area contributed by atoms with E-state index in [2.05, 4.69) is 11.0 Å². The lowest BCUT2D eigenvalue weighted by atomic mass is 9.91. The molecule has 0 unspecified atom stereocenters. The van der Waals surface area contributed by atoms with Gasteiger partial charge in [-0.3, -0.25) is 4.79 Å². The van der Waals surface area contributed by atoms with E-state index in [9.17, 15) is 4.79 Å². The summed E-state index contributed by atoms with van der Waals surface area (Å²) in [4.78, 5) is 14.6. The topological polar surface area (TPSA) is 38.8 Å². The average Bonchev–Trinajstić information content (AvgIpc) is 3.05. The molecule has 1 atom stereocenters. The highest BCUT2D eigenvalue weighted by atomic mass is 32.2. The minimum atomic E-state index is 0.289. The lowest BCUT2D eigenvalue weighted by Crippen LogP contribution is -2.60. The molecule has 3 heterocycles. The highest BCUT2D eigenvalue weighted by Gasteiger charge is 2.50. The van der Waals surface area contributed by atoms with Crippen LogP contribution >= 0.6 is 11.8 Å². The molecule has 1 amide bonds. The van der Waals surface area contributed by atoms with E-state index in [1.807, 2.05) is 11.8 Å². The van der Waals surface area contributed by atoms with E-state index in [4.69, 9.17) is 9.47 Å². The molecule has 5 heteroatoms. The van der Waals surface area contributed by atoms with Crippen LogP contribution in [0, 0.1) is 5.92 Å². The summed E-state index contributed by atoms with van der Waals surface area (Å²) in [7, 11) is 0. The fourth-order valence-electron chi connectivity index (χ4n) is 4.51. The van der Waals surface area contributed by atoms with Crippen LogP contribution in [0.2, 0.25) is 0 Å². The quantitative estimate of drug-likeness (QED) is 0.700. The highest BCUT2D eigenvalue weighted by molar-refractivity contribution is 8.01. The molecule has 3 aliphatic heterocycles. The van der Waals surface area contributed by atoms with Gasteiger partial charge in [-0.2, -0.15) is 0 Å². The van der Waals surface area contributed by atoms with Gasteiger partial charge in [0.2, 0.25) is 5.91 Å². The van der Waals surface area contributed by atoms with E-state index in [-0.39, 0.29) is 4.75 Å². The molecule has 4 rings (SSSR count). The standard InChI is InChI=1S/C20H31NO3S/c22-19(10-16-4-2-1-3-5-16)21-14-20(15-21)11-18(13-25-20)24-12-17-6-8-23-9-7-17/h4,17-18H,1-3,5-15H2/t18-/m1/s1. The van der Waals surface area contributed by atoms with Gasteiger partial charge in [0.05, 0.1) is 10.9 Å². The Morgan fingerprint density at radius 2 is 2.16 bits per heavy atom. The van der Waals surface area contributed by atoms with Gasteiger partial charge in [0.15, 0.2) is 0 Å². The maximum atomic E-state index is 12.5. The third-order valence-electron chi connectivity index (χ3n) is 6.16. The third kappa shape index (κ3) is 4.42. The molecule has 4 nitrogen and oxygen atoms in total. The number of allylic oxidation sites excluding steroid dienone is 1. The Kier molecular flexibility index (Phi) is 5.73. The molecule has 25 heavy (non-hydrogen) atoms. The molecule has 1 aliphatic carbocycles. The summed E-state index contributed by atoms with van der Waals surface area (Å²) in [5.74, 6) is 2.11. The van der Waals surface area contributed by atoms with Crippen LogP contribution < -0.4 is 0 Å². The Morgan fingerprint density at radius 1 is 1.32 bits per heavy atom. The summed E-state index contributed by atoms with van der Waals surface area (Å²) in [6, 6.07) is 0. The van der Waals surface area contributed by atoms with Gasteiger partial charge in [0.1, 0.15) is 0 Å². The minimum Gasteiger partial charge on any atom is -0.381 e. The van der Waals surface area contributed by atoms with Crippen LogP contribution in [-0.4, -0.2) is 60.3 Å². The lowest BCUT2D eigenvalue weighted by molar-refractivity contribution is -0.136. The summed E-state index contributed by atoms with van der Waals surface area (Å²) in [6.45, 7) is 4.54. The maximum absolute atomic E-state index is 12.5. The van der Waals surface area contributed by atoms with Crippen molar-refractivity contribution in [3.05, 3.63) is 11.6 Å². The van der Waals surface area contributed by atoms with Gasteiger partial charge in [0.25, 0.3) is 0 Å². The predicted octanol–water partition coefficient (Wildman–Crippen LogP) is 3.41. The second kappa shape index (κ2) is 8.01. The molecule has 140 valence electrons. The van der Waals surface area contributed by atoms with Crippen molar-refractivity contribution in [2.24, 2.45) is 5.92 Å². The summed E-state index contributed by atoms with van der Waals surface area (Å²) in [5.41, 5.74) is 1.37. The first kappa shape index (κ1) is 17.9. The van der Waals surface area contributed by atoms with Crippen LogP contribution in [-0.2, 0) is 14.3 Å². The van der Waals surface area contributed by atoms with Gasteiger partial charge in [-0.25, -0.2) is 0 Å². The van der Waals surface area contributed by atoms with Crippen LogP contribution in [0.25, 0.3) is 0 Å². The Labute approximate surface area is 155 Å². The molecule has 0 aromatic carbocycles. The van der Waals surface area contributed by atoms with Gasteiger partial charge >= 0.3 is 0 Å². The Morgan fingerprint density at radius 3 is 2.92 bits per heavy atom. The van der Waals surface area contributed by atoms with Crippen LogP contribution in [0.5, 0.6) is 0 Å². The second-order valence-electron chi connectivity index (χ2n) is 8.24. The molecule has 0 N–H and O–H groups in total. The zero-order chi connectivity index (χ0) is 17.1. The fraction of sp³-hybridized carbons (Fsp3) is 0.850. The SMILES string of the molecule is O=C(CC1=CCCCC1)N1CC2(C[C@@H](OCC3CCOCC3)CS2)C1. The Bertz CT molecular complexity index is 509. The van der Waals surface area contributed by atoms with E-state index >= 15 is 0 Å². The number of nitrogens with zero attached hydrogens (tertiary/aromatic N) is 1. The van der Waals surface area contributed by atoms with E-state index in [0.29, 0.717) is 24.3 Å². The molecule has 0 saturated carbocycles. The first-order valence-corrected chi connectivity index (χ1v) is 11.0. The number of likely N-dealkylation sites (tertiary alicyclic amines) is 1. The number of thioether (sulfide) groups is 1. The van der Waals surface area contributed by atoms with Crippen molar-refractivity contribution in [1.29, 1.82) is 0 Å². The zero-order valence-corrected chi connectivity index (χ0v) is 16.0. The summed E-state index contributed by atoms with van der Waals surface area (Å²) in [6.07, 6.45) is 11.6. The minimum absolute atomic E-state index is 0.289. The summed E-state index contributed by atoms with van der Waals surface area (Å²) >= 11 is 2.04. The normalized spacial score (nSPS) is 29.5. The van der Waals surface area contributed by atoms with Crippen molar-refractivity contribution < 1.29 is 14.3 Å². The first-order chi connectivity index (χ1) is 12.2. The number of hydrogen-bond donors (Lipinski definition) is 0. The maximum Gasteiger partial charge on any atom is 0.226 e. The van der Waals surface area contributed by atoms with E-state index in [1.165, 1.54) is 18.4 Å². The molecule has 0 bridgehead atoms. The van der Waals surface area contributed by atoms with Crippen molar-refractivity contribution in [2.45, 2.75) is 62.2 Å². The molecule has 4 aliphatic rings. The van der Waals surface area contributed by atoms with Gasteiger partial charge in [-0.05, 0) is 50.9 Å². The van der Waals surface area contributed by atoms with E-state index in [0.717, 1.165) is 70.8 Å². The fourth-order valence-corrected chi connectivity index (χ4v) is 6.06. The number of hydrogen-bond acceptors (Lipinski definition) is 4. The van der Waals surface area contributed by atoms with Crippen molar-refractivity contribution >= 4 is 17.7 Å². The highest BCUT2D eigenvalue weighted by Crippen LogP contribution is 2.46. The molecular weight excluding hydrogens is 334 g/mol. The van der Waals surface area contributed by atoms with E-state index in [1.54, 1.807) is 0 Å². The molecule has 0 aromatic heterocycles. The molecule has 0 radical (unpaired) electrons. The lowest BCUT2D eigenvalue weighted by Gasteiger charge is -2.47. The molecule has 3 saturated heterocycles. The molecule has 3 fully saturated rings. The number of rotatable bonds is 5. The van der Waals surface area contributed by atoms with Crippen LogP contribution in [0.15, 0.2) is 11.6 Å². The van der Waals surface area contributed by atoms with Crippen molar-refractivity contribution in [3.8, 4) is 0 Å². The summed E-state index contributed by atoms with van der Waals surface area (Å²) in [5, 5.41) is 0. The Hall–Kier alpha value is -0.520. The molecule has 1 spiro atoms. The third-order valence-corrected chi connectivity index (χ3v) is 7.73. The van der Waals surface area contributed by atoms with Gasteiger partial charge < -0.3 is 14.4 Å². The van der Waals surface area contributed by atoms with Crippen molar-refractivity contribution in [2.75, 3.05) is 38.7 Å². The molecular formula is C20H31NO3S. The number of amides is 1. The Balaban J connectivity index is 1.18. The smallest absolute Gasteiger partial charge is 0.226 e. The van der Waals surface area contributed by atoms with Gasteiger partial charge in [-0.15, -0.1) is 11.8 Å². The number of ether oxygens (including phenoxy) is 2. The predicted molar refractivity (Wildman–Crippen MR) is 101 cm³/mol. The van der Waals surface area contributed by atoms with Crippen molar-refractivity contribution in [3.63, 3.8) is 0 Å². The van der Waals surface area contributed by atoms with Crippen LogP contribution in [0.3, 0.4) is 0 Å². The monoisotopic (exact) mass is 365 g/mol. The van der Waals surface area contributed by atoms with Gasteiger partial charge in [0, 0.05) is 45.1 Å². The van der Waals surface area contributed by atoms with Crippen LogP contribution in [0.1, 0.15) is 51.4 Å². The van der Waals surface area contributed by atoms with E-state index < -0.39 is 0 Å². The number of carbonyl (C=O) groups excluding carboxylic acids is 1. The van der Waals surface area contributed by atoms with Crippen LogP contribution in [0.4, 0.5) is 0 Å². The number of carbonyl (C=O) groups is 1. The average molecular weight is 366 g/mol. The largest absolute Gasteiger partial charge is 0.381 e. The van der Waals surface area contributed by atoms with Gasteiger partial charge in [-0.1, -0.05) is 11.6 Å². The second-order valence-corrected chi connectivity index (χ2v) is 9.73. The first-order valence-electron chi connectivity index (χ1n) is 10.0. The summed E-state index contributed by atoms with van der Waals surface area (Å²) < 4.78 is 11.9. The zero-order valence-electron chi connectivity index (χ0n) is 15.2. The van der Waals surface area contributed by atoms with Crippen molar-refractivity contribution in [1.82, 2.24) is 4.90 Å².